The minimum atomic E-state index is -0.167. The Morgan fingerprint density at radius 2 is 2.13 bits per heavy atom. The number of nitrogens with two attached hydrogens (primary N) is 1. The van der Waals surface area contributed by atoms with E-state index >= 15 is 0 Å². The predicted octanol–water partition coefficient (Wildman–Crippen LogP) is 1.27. The summed E-state index contributed by atoms with van der Waals surface area (Å²) in [5.41, 5.74) is 7.58. The maximum atomic E-state index is 5.70. The van der Waals surface area contributed by atoms with Crippen molar-refractivity contribution < 1.29 is 0 Å². The summed E-state index contributed by atoms with van der Waals surface area (Å²) in [4.78, 5) is 4.47. The molecule has 0 aliphatic carbocycles. The van der Waals surface area contributed by atoms with Gasteiger partial charge in [0.15, 0.2) is 11.5 Å². The fourth-order valence-electron chi connectivity index (χ4n) is 1.36. The van der Waals surface area contributed by atoms with Crippen LogP contribution in [0.2, 0.25) is 0 Å². The molecule has 0 aromatic carbocycles. The van der Waals surface area contributed by atoms with Gasteiger partial charge in [-0.05, 0) is 18.6 Å². The molecule has 2 aromatic rings. The van der Waals surface area contributed by atoms with E-state index in [4.69, 9.17) is 5.73 Å². The molecular weight excluding hydrogens is 188 g/mol. The molecule has 0 unspecified atom stereocenters. The van der Waals surface area contributed by atoms with Gasteiger partial charge in [-0.25, -0.2) is 9.50 Å². The molecule has 2 heterocycles. The monoisotopic (exact) mass is 204 g/mol. The summed E-state index contributed by atoms with van der Waals surface area (Å²) in [6, 6.07) is 4.00. The Morgan fingerprint density at radius 3 is 2.80 bits per heavy atom. The van der Waals surface area contributed by atoms with Gasteiger partial charge in [0.05, 0.1) is 0 Å². The molecular formula is C11H16N4. The van der Waals surface area contributed by atoms with Gasteiger partial charge in [0.25, 0.3) is 0 Å². The van der Waals surface area contributed by atoms with E-state index in [-0.39, 0.29) is 5.41 Å². The molecule has 2 rings (SSSR count). The Morgan fingerprint density at radius 1 is 1.40 bits per heavy atom. The Labute approximate surface area is 89.1 Å². The average molecular weight is 204 g/mol. The highest BCUT2D eigenvalue weighted by molar-refractivity contribution is 5.39. The van der Waals surface area contributed by atoms with Crippen LogP contribution in [0, 0.1) is 6.92 Å². The van der Waals surface area contributed by atoms with Gasteiger partial charge in [0.2, 0.25) is 0 Å². The smallest absolute Gasteiger partial charge is 0.158 e. The lowest BCUT2D eigenvalue weighted by Gasteiger charge is -2.17. The largest absolute Gasteiger partial charge is 0.329 e. The van der Waals surface area contributed by atoms with Crippen LogP contribution in [0.15, 0.2) is 18.3 Å². The number of rotatable bonds is 2. The quantitative estimate of drug-likeness (QED) is 0.801. The topological polar surface area (TPSA) is 56.2 Å². The van der Waals surface area contributed by atoms with Crippen molar-refractivity contribution in [1.82, 2.24) is 14.6 Å². The van der Waals surface area contributed by atoms with Gasteiger partial charge in [0.1, 0.15) is 0 Å². The zero-order valence-electron chi connectivity index (χ0n) is 9.36. The first-order valence-electron chi connectivity index (χ1n) is 5.06. The molecule has 0 aliphatic heterocycles. The number of nitrogens with zero attached hydrogens (tertiary/aromatic N) is 3. The fraction of sp³-hybridized carbons (Fsp3) is 0.455. The van der Waals surface area contributed by atoms with E-state index in [9.17, 15) is 0 Å². The molecule has 0 amide bonds. The lowest BCUT2D eigenvalue weighted by Crippen LogP contribution is -2.29. The van der Waals surface area contributed by atoms with Gasteiger partial charge >= 0.3 is 0 Å². The summed E-state index contributed by atoms with van der Waals surface area (Å²) >= 11 is 0. The van der Waals surface area contributed by atoms with Crippen molar-refractivity contribution in [3.8, 4) is 0 Å². The first-order valence-corrected chi connectivity index (χ1v) is 5.06. The first kappa shape index (κ1) is 10.1. The summed E-state index contributed by atoms with van der Waals surface area (Å²) in [6.45, 7) is 6.68. The van der Waals surface area contributed by atoms with Crippen LogP contribution in [0.1, 0.15) is 25.2 Å². The minimum Gasteiger partial charge on any atom is -0.329 e. The van der Waals surface area contributed by atoms with E-state index in [0.29, 0.717) is 6.54 Å². The normalized spacial score (nSPS) is 12.3. The molecule has 0 saturated heterocycles. The molecule has 0 radical (unpaired) electrons. The number of pyridine rings is 1. The molecule has 80 valence electrons. The highest BCUT2D eigenvalue weighted by atomic mass is 15.3. The predicted molar refractivity (Wildman–Crippen MR) is 59.8 cm³/mol. The van der Waals surface area contributed by atoms with Crippen molar-refractivity contribution in [2.24, 2.45) is 5.73 Å². The zero-order valence-corrected chi connectivity index (χ0v) is 9.36. The van der Waals surface area contributed by atoms with Crippen LogP contribution in [-0.4, -0.2) is 21.1 Å². The molecule has 0 fully saturated rings. The van der Waals surface area contributed by atoms with E-state index < -0.39 is 0 Å². The molecule has 4 nitrogen and oxygen atoms in total. The lowest BCUT2D eigenvalue weighted by atomic mass is 9.93. The highest BCUT2D eigenvalue weighted by Crippen LogP contribution is 2.18. The van der Waals surface area contributed by atoms with Crippen LogP contribution < -0.4 is 5.73 Å². The molecule has 0 saturated carbocycles. The van der Waals surface area contributed by atoms with E-state index in [1.165, 1.54) is 5.56 Å². The molecule has 0 spiro atoms. The second kappa shape index (κ2) is 3.31. The zero-order chi connectivity index (χ0) is 11.1. The summed E-state index contributed by atoms with van der Waals surface area (Å²) in [6.07, 6.45) is 1.97. The lowest BCUT2D eigenvalue weighted by molar-refractivity contribution is 0.502. The Kier molecular flexibility index (Phi) is 2.23. The molecule has 2 aromatic heterocycles. The maximum Gasteiger partial charge on any atom is 0.158 e. The first-order chi connectivity index (χ1) is 7.03. The van der Waals surface area contributed by atoms with Crippen molar-refractivity contribution in [1.29, 1.82) is 0 Å². The third kappa shape index (κ3) is 1.72. The summed E-state index contributed by atoms with van der Waals surface area (Å²) in [7, 11) is 0. The fourth-order valence-corrected chi connectivity index (χ4v) is 1.36. The molecule has 0 bridgehead atoms. The Bertz CT molecular complexity index is 484. The van der Waals surface area contributed by atoms with Crippen LogP contribution in [0.5, 0.6) is 0 Å². The van der Waals surface area contributed by atoms with Crippen LogP contribution in [-0.2, 0) is 5.41 Å². The standard InChI is InChI=1S/C11H16N4/c1-8-4-5-9-13-10(11(2,3)7-12)14-15(9)6-8/h4-6H,7,12H2,1-3H3. The molecule has 2 N–H and O–H groups in total. The summed E-state index contributed by atoms with van der Waals surface area (Å²) in [5, 5.41) is 4.44. The SMILES string of the molecule is Cc1ccc2nc(C(C)(C)CN)nn2c1. The van der Waals surface area contributed by atoms with Crippen molar-refractivity contribution in [3.63, 3.8) is 0 Å². The van der Waals surface area contributed by atoms with Crippen molar-refractivity contribution in [2.45, 2.75) is 26.2 Å². The van der Waals surface area contributed by atoms with Gasteiger partial charge < -0.3 is 5.73 Å². The van der Waals surface area contributed by atoms with Gasteiger partial charge in [0, 0.05) is 18.2 Å². The van der Waals surface area contributed by atoms with Gasteiger partial charge in [-0.1, -0.05) is 19.9 Å². The third-order valence-corrected chi connectivity index (χ3v) is 2.59. The molecule has 15 heavy (non-hydrogen) atoms. The van der Waals surface area contributed by atoms with E-state index in [0.717, 1.165) is 11.5 Å². The van der Waals surface area contributed by atoms with Gasteiger partial charge in [-0.2, -0.15) is 5.10 Å². The van der Waals surface area contributed by atoms with Crippen LogP contribution in [0.3, 0.4) is 0 Å². The van der Waals surface area contributed by atoms with Crippen LogP contribution >= 0.6 is 0 Å². The third-order valence-electron chi connectivity index (χ3n) is 2.59. The molecule has 0 atom stereocenters. The summed E-state index contributed by atoms with van der Waals surface area (Å²) < 4.78 is 1.81. The number of fused-ring (bicyclic) bond motifs is 1. The van der Waals surface area contributed by atoms with E-state index in [1.807, 2.05) is 29.8 Å². The summed E-state index contributed by atoms with van der Waals surface area (Å²) in [5.74, 6) is 0.801. The van der Waals surface area contributed by atoms with Crippen molar-refractivity contribution >= 4 is 5.65 Å². The van der Waals surface area contributed by atoms with Crippen LogP contribution in [0.4, 0.5) is 0 Å². The molecule has 0 aliphatic rings. The Hall–Kier alpha value is -1.42. The van der Waals surface area contributed by atoms with Gasteiger partial charge in [-0.3, -0.25) is 0 Å². The van der Waals surface area contributed by atoms with Crippen LogP contribution in [0.25, 0.3) is 5.65 Å². The number of hydrogen-bond donors (Lipinski definition) is 1. The second-order valence-corrected chi connectivity index (χ2v) is 4.53. The number of hydrogen-bond acceptors (Lipinski definition) is 3. The van der Waals surface area contributed by atoms with Gasteiger partial charge in [-0.15, -0.1) is 0 Å². The second-order valence-electron chi connectivity index (χ2n) is 4.53. The van der Waals surface area contributed by atoms with E-state index in [1.54, 1.807) is 0 Å². The average Bonchev–Trinajstić information content (AvgIpc) is 2.61. The van der Waals surface area contributed by atoms with Crippen molar-refractivity contribution in [3.05, 3.63) is 29.7 Å². The molecule has 4 heteroatoms. The number of aryl methyl sites for hydroxylation is 1. The van der Waals surface area contributed by atoms with E-state index in [2.05, 4.69) is 23.9 Å². The Balaban J connectivity index is 2.56. The maximum absolute atomic E-state index is 5.70. The highest BCUT2D eigenvalue weighted by Gasteiger charge is 2.23. The minimum absolute atomic E-state index is 0.167. The number of aromatic nitrogens is 3. The van der Waals surface area contributed by atoms with Crippen molar-refractivity contribution in [2.75, 3.05) is 6.54 Å².